The van der Waals surface area contributed by atoms with Crippen molar-refractivity contribution in [3.63, 3.8) is 0 Å². The molecular formula is C6H18AsO6P3S6. The van der Waals surface area contributed by atoms with Gasteiger partial charge in [0.25, 0.3) is 0 Å². The molecule has 0 N–H and O–H groups in total. The van der Waals surface area contributed by atoms with Crippen molar-refractivity contribution >= 4 is 92.6 Å². The van der Waals surface area contributed by atoms with Crippen molar-refractivity contribution < 1.29 is 27.1 Å². The van der Waals surface area contributed by atoms with E-state index in [1.54, 1.807) is 0 Å². The molecule has 16 heteroatoms. The first-order valence-corrected chi connectivity index (χ1v) is 24.1. The Bertz CT molecular complexity index is 391. The normalized spacial score (nSPS) is 13.8. The van der Waals surface area contributed by atoms with Crippen LogP contribution in [0.15, 0.2) is 0 Å². The zero-order valence-electron chi connectivity index (χ0n) is 12.7. The van der Waals surface area contributed by atoms with Gasteiger partial charge in [-0.1, -0.05) is 0 Å². The summed E-state index contributed by atoms with van der Waals surface area (Å²) in [5.41, 5.74) is -7.37. The van der Waals surface area contributed by atoms with E-state index in [2.05, 4.69) is 0 Å². The summed E-state index contributed by atoms with van der Waals surface area (Å²) < 4.78 is 32.1. The van der Waals surface area contributed by atoms with Gasteiger partial charge in [0.05, 0.1) is 0 Å². The molecule has 0 bridgehead atoms. The summed E-state index contributed by atoms with van der Waals surface area (Å²) >= 11 is 14.4. The van der Waals surface area contributed by atoms with Gasteiger partial charge in [-0.05, 0) is 0 Å². The third kappa shape index (κ3) is 8.81. The van der Waals surface area contributed by atoms with Crippen molar-refractivity contribution in [2.24, 2.45) is 0 Å². The van der Waals surface area contributed by atoms with E-state index in [1.807, 2.05) is 0 Å². The molecule has 0 aromatic carbocycles. The van der Waals surface area contributed by atoms with Gasteiger partial charge < -0.3 is 0 Å². The second-order valence-electron chi connectivity index (χ2n) is 2.91. The average molecular weight is 546 g/mol. The van der Waals surface area contributed by atoms with Crippen LogP contribution in [0.3, 0.4) is 0 Å². The molecule has 0 aliphatic heterocycles. The first-order valence-electron chi connectivity index (χ1n) is 5.19. The quantitative estimate of drug-likeness (QED) is 0.252. The molecule has 0 rings (SSSR count). The average Bonchev–Trinajstić information content (AvgIpc) is 2.54. The Labute approximate surface area is 161 Å². The van der Waals surface area contributed by atoms with Crippen LogP contribution in [0, 0.1) is 0 Å². The van der Waals surface area contributed by atoms with Crippen molar-refractivity contribution in [1.29, 1.82) is 0 Å². The molecule has 0 heterocycles. The number of hydrogen-bond acceptors (Lipinski definition) is 12. The van der Waals surface area contributed by atoms with Gasteiger partial charge in [0.1, 0.15) is 0 Å². The molecule has 0 aliphatic carbocycles. The van der Waals surface area contributed by atoms with Gasteiger partial charge in [-0.25, -0.2) is 0 Å². The van der Waals surface area contributed by atoms with Gasteiger partial charge in [0, 0.05) is 0 Å². The van der Waals surface area contributed by atoms with E-state index in [4.69, 9.17) is 62.6 Å². The summed E-state index contributed by atoms with van der Waals surface area (Å²) in [5.74, 6) is 0. The molecule has 6 nitrogen and oxygen atoms in total. The van der Waals surface area contributed by atoms with Crippen LogP contribution in [0.25, 0.3) is 0 Å². The third-order valence-electron chi connectivity index (χ3n) is 1.84. The second kappa shape index (κ2) is 11.9. The molecule has 134 valence electrons. The fourth-order valence-corrected chi connectivity index (χ4v) is 86.1. The molecule has 0 saturated carbocycles. The second-order valence-corrected chi connectivity index (χ2v) is 40.0. The fourth-order valence-electron chi connectivity index (χ4n) is 0.713. The van der Waals surface area contributed by atoms with Crippen LogP contribution in [-0.2, 0) is 62.6 Å². The predicted octanol–water partition coefficient (Wildman–Crippen LogP) is 4.72. The van der Waals surface area contributed by atoms with E-state index in [0.29, 0.717) is 0 Å². The molecule has 0 atom stereocenters. The number of hydrogen-bond donors (Lipinski definition) is 0. The molecule has 0 unspecified atom stereocenters. The van der Waals surface area contributed by atoms with E-state index in [9.17, 15) is 0 Å². The van der Waals surface area contributed by atoms with Crippen molar-refractivity contribution in [1.82, 2.24) is 0 Å². The van der Waals surface area contributed by atoms with Crippen molar-refractivity contribution in [3.05, 3.63) is 0 Å². The Morgan fingerprint density at radius 3 is 0.864 bits per heavy atom. The van der Waals surface area contributed by atoms with Gasteiger partial charge in [-0.3, -0.25) is 0 Å². The van der Waals surface area contributed by atoms with Crippen LogP contribution in [0.5, 0.6) is 0 Å². The molecular weight excluding hydrogens is 528 g/mol. The van der Waals surface area contributed by atoms with E-state index in [1.165, 1.54) is 71.6 Å². The number of rotatable bonds is 12. The first kappa shape index (κ1) is 25.3. The minimum atomic E-state index is -2.46. The molecule has 0 fully saturated rings. The van der Waals surface area contributed by atoms with Gasteiger partial charge in [-0.15, -0.1) is 0 Å². The van der Waals surface area contributed by atoms with Gasteiger partial charge in [0.15, 0.2) is 0 Å². The Kier molecular flexibility index (Phi) is 13.7. The Morgan fingerprint density at radius 2 is 0.727 bits per heavy atom. The zero-order valence-corrected chi connectivity index (χ0v) is 22.1. The minimum absolute atomic E-state index is 1.46. The molecule has 0 spiro atoms. The molecule has 0 saturated heterocycles. The van der Waals surface area contributed by atoms with Crippen LogP contribution >= 0.6 is 46.0 Å². The van der Waals surface area contributed by atoms with E-state index in [-0.39, 0.29) is 0 Å². The molecule has 22 heavy (non-hydrogen) atoms. The maximum absolute atomic E-state index is 5.44. The van der Waals surface area contributed by atoms with Gasteiger partial charge >= 0.3 is 162 Å². The predicted molar refractivity (Wildman–Crippen MR) is 113 cm³/mol. The topological polar surface area (TPSA) is 55.4 Å². The summed E-state index contributed by atoms with van der Waals surface area (Å²) in [4.78, 5) is 0. The van der Waals surface area contributed by atoms with Gasteiger partial charge in [0.2, 0.25) is 0 Å². The van der Waals surface area contributed by atoms with Crippen molar-refractivity contribution in [3.8, 4) is 0 Å². The van der Waals surface area contributed by atoms with E-state index >= 15 is 0 Å². The zero-order chi connectivity index (χ0) is 17.4. The first-order chi connectivity index (χ1) is 10.1. The van der Waals surface area contributed by atoms with E-state index < -0.39 is 28.3 Å². The van der Waals surface area contributed by atoms with Crippen molar-refractivity contribution in [2.45, 2.75) is 0 Å². The standard InChI is InChI=1S/C6H18AsO6P3S6/c1-8-14(17,9-2)20-7(21-15(18,10-3)11-4)22-16(19,12-5)13-6/h1-6H3. The van der Waals surface area contributed by atoms with Crippen LogP contribution in [0.1, 0.15) is 0 Å². The summed E-state index contributed by atoms with van der Waals surface area (Å²) in [6.45, 7) is 0. The summed E-state index contributed by atoms with van der Waals surface area (Å²) in [5, 5.41) is 0. The van der Waals surface area contributed by atoms with E-state index in [0.717, 1.165) is 0 Å². The van der Waals surface area contributed by atoms with Crippen LogP contribution in [-0.4, -0.2) is 53.8 Å². The fraction of sp³-hybridized carbons (Fsp3) is 1.00. The summed E-state index contributed by atoms with van der Waals surface area (Å²) in [6, 6.07) is 0. The maximum atomic E-state index is 5.44. The summed E-state index contributed by atoms with van der Waals surface area (Å²) in [7, 11) is 13.6. The molecule has 0 aromatic rings. The summed E-state index contributed by atoms with van der Waals surface area (Å²) in [6.07, 6.45) is 0. The monoisotopic (exact) mass is 546 g/mol. The van der Waals surface area contributed by atoms with Crippen LogP contribution in [0.4, 0.5) is 0 Å². The Balaban J connectivity index is 5.36. The molecule has 0 radical (unpaired) electrons. The third-order valence-corrected chi connectivity index (χ3v) is 60.8. The Hall–Kier alpha value is 3.32. The molecule has 0 aromatic heterocycles. The molecule has 0 aliphatic rings. The molecule has 0 amide bonds. The van der Waals surface area contributed by atoms with Gasteiger partial charge in [-0.2, -0.15) is 0 Å². The SMILES string of the molecule is COP(=S)(OC)S[As](SP(=S)(OC)OC)SP(=S)(OC)OC. The Morgan fingerprint density at radius 1 is 0.545 bits per heavy atom. The van der Waals surface area contributed by atoms with Crippen LogP contribution < -0.4 is 0 Å². The van der Waals surface area contributed by atoms with Crippen molar-refractivity contribution in [2.75, 3.05) is 42.7 Å². The van der Waals surface area contributed by atoms with Crippen LogP contribution in [0.2, 0.25) is 0 Å².